The fourth-order valence-electron chi connectivity index (χ4n) is 2.31. The SMILES string of the molecule is CCOP(=O)(OCC)N(C)c1ccc(Cl)cc1-c1ccccc1. The predicted molar refractivity (Wildman–Crippen MR) is 96.1 cm³/mol. The molecule has 0 aromatic heterocycles. The molecule has 0 fully saturated rings. The van der Waals surface area contributed by atoms with E-state index in [4.69, 9.17) is 20.6 Å². The van der Waals surface area contributed by atoms with Crippen LogP contribution in [0.5, 0.6) is 0 Å². The van der Waals surface area contributed by atoms with Gasteiger partial charge >= 0.3 is 7.75 Å². The molecule has 0 amide bonds. The highest BCUT2D eigenvalue weighted by Gasteiger charge is 2.32. The van der Waals surface area contributed by atoms with E-state index in [1.807, 2.05) is 42.5 Å². The average molecular weight is 354 g/mol. The lowest BCUT2D eigenvalue weighted by atomic mass is 10.0. The summed E-state index contributed by atoms with van der Waals surface area (Å²) in [5.74, 6) is 0. The third-order valence-corrected chi connectivity index (χ3v) is 5.70. The minimum absolute atomic E-state index is 0.301. The molecule has 0 bridgehead atoms. The number of halogens is 1. The molecule has 0 aliphatic carbocycles. The molecule has 0 atom stereocenters. The van der Waals surface area contributed by atoms with Gasteiger partial charge in [0.15, 0.2) is 0 Å². The molecule has 0 saturated heterocycles. The molecule has 23 heavy (non-hydrogen) atoms. The zero-order valence-electron chi connectivity index (χ0n) is 13.5. The predicted octanol–water partition coefficient (Wildman–Crippen LogP) is 5.62. The van der Waals surface area contributed by atoms with Crippen LogP contribution in [-0.2, 0) is 13.6 Å². The second kappa shape index (κ2) is 7.98. The maximum Gasteiger partial charge on any atom is 0.435 e. The third kappa shape index (κ3) is 4.15. The van der Waals surface area contributed by atoms with Crippen LogP contribution in [0.1, 0.15) is 13.8 Å². The quantitative estimate of drug-likeness (QED) is 0.605. The molecule has 4 nitrogen and oxygen atoms in total. The summed E-state index contributed by atoms with van der Waals surface area (Å²) in [5, 5.41) is 0.614. The minimum atomic E-state index is -3.40. The second-order valence-corrected chi connectivity index (χ2v) is 7.35. The Morgan fingerprint density at radius 2 is 1.65 bits per heavy atom. The maximum atomic E-state index is 13.0. The smallest absolute Gasteiger partial charge is 0.292 e. The van der Waals surface area contributed by atoms with E-state index in [0.29, 0.717) is 18.2 Å². The van der Waals surface area contributed by atoms with Gasteiger partial charge in [-0.1, -0.05) is 41.9 Å². The Balaban J connectivity index is 2.52. The van der Waals surface area contributed by atoms with Crippen LogP contribution in [0.3, 0.4) is 0 Å². The summed E-state index contributed by atoms with van der Waals surface area (Å²) in [7, 11) is -1.69. The number of rotatable bonds is 7. The van der Waals surface area contributed by atoms with Gasteiger partial charge in [0.25, 0.3) is 0 Å². The first-order chi connectivity index (χ1) is 11.0. The van der Waals surface area contributed by atoms with E-state index in [-0.39, 0.29) is 0 Å². The monoisotopic (exact) mass is 353 g/mol. The standard InChI is InChI=1S/C17H21ClNO3P/c1-4-21-23(20,22-5-2)19(3)17-12-11-15(18)13-16(17)14-9-7-6-8-10-14/h6-13H,4-5H2,1-3H3. The van der Waals surface area contributed by atoms with Gasteiger partial charge in [0.1, 0.15) is 0 Å². The third-order valence-electron chi connectivity index (χ3n) is 3.34. The Bertz CT molecular complexity index is 683. The fraction of sp³-hybridized carbons (Fsp3) is 0.294. The normalized spacial score (nSPS) is 11.5. The van der Waals surface area contributed by atoms with Gasteiger partial charge in [-0.25, -0.2) is 4.57 Å². The van der Waals surface area contributed by atoms with Crippen molar-refractivity contribution in [3.63, 3.8) is 0 Å². The Labute approximate surface area is 142 Å². The van der Waals surface area contributed by atoms with Crippen LogP contribution >= 0.6 is 19.3 Å². The zero-order valence-corrected chi connectivity index (χ0v) is 15.2. The van der Waals surface area contributed by atoms with E-state index in [1.165, 1.54) is 0 Å². The molecule has 0 aliphatic rings. The molecule has 0 heterocycles. The van der Waals surface area contributed by atoms with E-state index in [1.54, 1.807) is 31.6 Å². The van der Waals surface area contributed by atoms with Crippen molar-refractivity contribution in [1.82, 2.24) is 0 Å². The van der Waals surface area contributed by atoms with E-state index in [0.717, 1.165) is 16.8 Å². The summed E-state index contributed by atoms with van der Waals surface area (Å²) in [5.41, 5.74) is 2.60. The Morgan fingerprint density at radius 3 is 2.22 bits per heavy atom. The summed E-state index contributed by atoms with van der Waals surface area (Å²) in [6.45, 7) is 4.19. The molecule has 0 N–H and O–H groups in total. The number of benzene rings is 2. The summed E-state index contributed by atoms with van der Waals surface area (Å²) in [6.07, 6.45) is 0. The minimum Gasteiger partial charge on any atom is -0.292 e. The lowest BCUT2D eigenvalue weighted by molar-refractivity contribution is 0.219. The van der Waals surface area contributed by atoms with E-state index >= 15 is 0 Å². The lowest BCUT2D eigenvalue weighted by Crippen LogP contribution is -2.18. The summed E-state index contributed by atoms with van der Waals surface area (Å²) < 4.78 is 25.5. The number of nitrogens with zero attached hydrogens (tertiary/aromatic N) is 1. The maximum absolute atomic E-state index is 13.0. The van der Waals surface area contributed by atoms with Crippen LogP contribution in [0.25, 0.3) is 11.1 Å². The Kier molecular flexibility index (Phi) is 6.25. The van der Waals surface area contributed by atoms with Gasteiger partial charge in [-0.15, -0.1) is 0 Å². The van der Waals surface area contributed by atoms with Gasteiger partial charge in [0.2, 0.25) is 0 Å². The van der Waals surface area contributed by atoms with Crippen molar-refractivity contribution in [3.8, 4) is 11.1 Å². The highest BCUT2D eigenvalue weighted by molar-refractivity contribution is 7.55. The molecule has 0 spiro atoms. The van der Waals surface area contributed by atoms with Gasteiger partial charge in [0, 0.05) is 17.6 Å². The largest absolute Gasteiger partial charge is 0.435 e. The molecular weight excluding hydrogens is 333 g/mol. The van der Waals surface area contributed by atoms with Crippen LogP contribution in [0.2, 0.25) is 5.02 Å². The topological polar surface area (TPSA) is 38.8 Å². The molecule has 2 aromatic carbocycles. The molecule has 124 valence electrons. The first-order valence-electron chi connectivity index (χ1n) is 7.50. The van der Waals surface area contributed by atoms with Gasteiger partial charge < -0.3 is 0 Å². The average Bonchev–Trinajstić information content (AvgIpc) is 2.55. The van der Waals surface area contributed by atoms with Crippen molar-refractivity contribution in [2.24, 2.45) is 0 Å². The van der Waals surface area contributed by atoms with Gasteiger partial charge in [-0.3, -0.25) is 13.7 Å². The van der Waals surface area contributed by atoms with Crippen LogP contribution in [0.4, 0.5) is 5.69 Å². The second-order valence-electron chi connectivity index (χ2n) is 4.86. The van der Waals surface area contributed by atoms with Crippen molar-refractivity contribution in [2.45, 2.75) is 13.8 Å². The Hall–Kier alpha value is -1.32. The number of hydrogen-bond donors (Lipinski definition) is 0. The number of anilines is 1. The molecule has 0 unspecified atom stereocenters. The van der Waals surface area contributed by atoms with Crippen molar-refractivity contribution >= 4 is 25.0 Å². The lowest BCUT2D eigenvalue weighted by Gasteiger charge is -2.29. The molecule has 0 saturated carbocycles. The van der Waals surface area contributed by atoms with Crippen molar-refractivity contribution in [2.75, 3.05) is 24.9 Å². The van der Waals surface area contributed by atoms with Gasteiger partial charge in [0.05, 0.1) is 18.9 Å². The fourth-order valence-corrected chi connectivity index (χ4v) is 3.99. The van der Waals surface area contributed by atoms with E-state index in [9.17, 15) is 4.57 Å². The summed E-state index contributed by atoms with van der Waals surface area (Å²) in [6, 6.07) is 15.3. The highest BCUT2D eigenvalue weighted by atomic mass is 35.5. The van der Waals surface area contributed by atoms with Gasteiger partial charge in [-0.05, 0) is 37.6 Å². The molecule has 2 aromatic rings. The molecule has 0 radical (unpaired) electrons. The summed E-state index contributed by atoms with van der Waals surface area (Å²) >= 11 is 6.16. The molecular formula is C17H21ClNO3P. The van der Waals surface area contributed by atoms with E-state index in [2.05, 4.69) is 0 Å². The number of hydrogen-bond acceptors (Lipinski definition) is 3. The Morgan fingerprint density at radius 1 is 1.04 bits per heavy atom. The summed E-state index contributed by atoms with van der Waals surface area (Å²) in [4.78, 5) is 0. The molecule has 6 heteroatoms. The van der Waals surface area contributed by atoms with Crippen molar-refractivity contribution in [1.29, 1.82) is 0 Å². The van der Waals surface area contributed by atoms with Crippen molar-refractivity contribution < 1.29 is 13.6 Å². The molecule has 0 aliphatic heterocycles. The van der Waals surface area contributed by atoms with Crippen LogP contribution < -0.4 is 4.67 Å². The van der Waals surface area contributed by atoms with Crippen LogP contribution in [0, 0.1) is 0 Å². The van der Waals surface area contributed by atoms with E-state index < -0.39 is 7.75 Å². The molecule has 2 rings (SSSR count). The first-order valence-corrected chi connectivity index (χ1v) is 9.37. The first kappa shape index (κ1) is 18.0. The van der Waals surface area contributed by atoms with Crippen LogP contribution in [-0.4, -0.2) is 20.3 Å². The zero-order chi connectivity index (χ0) is 16.9. The highest BCUT2D eigenvalue weighted by Crippen LogP contribution is 2.54. The van der Waals surface area contributed by atoms with Crippen molar-refractivity contribution in [3.05, 3.63) is 53.6 Å². The van der Waals surface area contributed by atoms with Crippen LogP contribution in [0.15, 0.2) is 48.5 Å². The van der Waals surface area contributed by atoms with Gasteiger partial charge in [-0.2, -0.15) is 0 Å².